The van der Waals surface area contributed by atoms with Gasteiger partial charge in [-0.05, 0) is 18.4 Å². The predicted molar refractivity (Wildman–Crippen MR) is 69.9 cm³/mol. The first-order chi connectivity index (χ1) is 8.68. The topological polar surface area (TPSA) is 37.4 Å². The van der Waals surface area contributed by atoms with Crippen LogP contribution in [0.15, 0.2) is 30.3 Å². The van der Waals surface area contributed by atoms with Gasteiger partial charge in [0.2, 0.25) is 5.91 Å². The Morgan fingerprint density at radius 3 is 2.67 bits per heavy atom. The van der Waals surface area contributed by atoms with Crippen LogP contribution in [0, 0.1) is 5.92 Å². The van der Waals surface area contributed by atoms with E-state index in [0.29, 0.717) is 13.0 Å². The third-order valence-corrected chi connectivity index (χ3v) is 3.49. The Labute approximate surface area is 108 Å². The number of rotatable bonds is 3. The van der Waals surface area contributed by atoms with E-state index < -0.39 is 5.92 Å². The lowest BCUT2D eigenvalue weighted by molar-refractivity contribution is -0.142. The fourth-order valence-corrected chi connectivity index (χ4v) is 2.45. The van der Waals surface area contributed by atoms with Crippen LogP contribution in [-0.4, -0.2) is 23.6 Å². The van der Waals surface area contributed by atoms with Crippen LogP contribution in [0.2, 0.25) is 0 Å². The third-order valence-electron chi connectivity index (χ3n) is 3.49. The zero-order valence-electron chi connectivity index (χ0n) is 10.8. The van der Waals surface area contributed by atoms with Crippen molar-refractivity contribution in [3.8, 4) is 0 Å². The molecule has 2 rings (SSSR count). The summed E-state index contributed by atoms with van der Waals surface area (Å²) < 4.78 is 0. The van der Waals surface area contributed by atoms with E-state index in [1.807, 2.05) is 30.3 Å². The number of amides is 1. The van der Waals surface area contributed by atoms with Crippen molar-refractivity contribution < 1.29 is 9.59 Å². The summed E-state index contributed by atoms with van der Waals surface area (Å²) >= 11 is 0. The molecule has 0 saturated heterocycles. The zero-order chi connectivity index (χ0) is 13.0. The first kappa shape index (κ1) is 12.8. The van der Waals surface area contributed by atoms with E-state index in [4.69, 9.17) is 0 Å². The lowest BCUT2D eigenvalue weighted by Gasteiger charge is -2.25. The molecule has 1 aliphatic carbocycles. The van der Waals surface area contributed by atoms with Crippen LogP contribution in [0.5, 0.6) is 0 Å². The van der Waals surface area contributed by atoms with Crippen LogP contribution in [0.1, 0.15) is 31.2 Å². The van der Waals surface area contributed by atoms with Gasteiger partial charge >= 0.3 is 0 Å². The highest BCUT2D eigenvalue weighted by atomic mass is 16.2. The predicted octanol–water partition coefficient (Wildman–Crippen LogP) is 2.40. The summed E-state index contributed by atoms with van der Waals surface area (Å²) in [5.41, 5.74) is 1.09. The van der Waals surface area contributed by atoms with Gasteiger partial charge in [0.25, 0.3) is 0 Å². The molecule has 0 aromatic heterocycles. The summed E-state index contributed by atoms with van der Waals surface area (Å²) in [5.74, 6) is -0.304. The average molecular weight is 245 g/mol. The summed E-state index contributed by atoms with van der Waals surface area (Å²) in [7, 11) is 1.78. The van der Waals surface area contributed by atoms with Crippen LogP contribution < -0.4 is 0 Å². The maximum absolute atomic E-state index is 12.2. The number of carbonyl (C=O) groups excluding carboxylic acids is 2. The standard InChI is InChI=1S/C15H19NO2/c1-16(11-12-7-3-2-4-8-12)15(18)13-9-5-6-10-14(13)17/h2-4,7-8,13H,5-6,9-11H2,1H3. The van der Waals surface area contributed by atoms with Gasteiger partial charge in [-0.15, -0.1) is 0 Å². The second kappa shape index (κ2) is 5.80. The molecule has 18 heavy (non-hydrogen) atoms. The largest absolute Gasteiger partial charge is 0.341 e. The van der Waals surface area contributed by atoms with Crippen molar-refractivity contribution in [2.45, 2.75) is 32.2 Å². The molecule has 0 spiro atoms. The molecule has 1 aliphatic rings. The van der Waals surface area contributed by atoms with E-state index in [1.54, 1.807) is 11.9 Å². The molecule has 96 valence electrons. The van der Waals surface area contributed by atoms with Crippen LogP contribution >= 0.6 is 0 Å². The van der Waals surface area contributed by atoms with Crippen molar-refractivity contribution >= 4 is 11.7 Å². The molecule has 3 nitrogen and oxygen atoms in total. The molecule has 1 aromatic rings. The van der Waals surface area contributed by atoms with Crippen molar-refractivity contribution in [1.82, 2.24) is 4.90 Å². The molecule has 0 heterocycles. The molecule has 1 fully saturated rings. The van der Waals surface area contributed by atoms with Crippen LogP contribution in [0.4, 0.5) is 0 Å². The maximum atomic E-state index is 12.2. The Hall–Kier alpha value is -1.64. The summed E-state index contributed by atoms with van der Waals surface area (Å²) in [4.78, 5) is 25.6. The highest BCUT2D eigenvalue weighted by molar-refractivity contribution is 6.01. The second-order valence-electron chi connectivity index (χ2n) is 4.94. The summed E-state index contributed by atoms with van der Waals surface area (Å²) in [6.07, 6.45) is 3.21. The number of benzene rings is 1. The Bertz CT molecular complexity index is 427. The van der Waals surface area contributed by atoms with Crippen LogP contribution in [0.25, 0.3) is 0 Å². The smallest absolute Gasteiger partial charge is 0.233 e. The highest BCUT2D eigenvalue weighted by Gasteiger charge is 2.30. The average Bonchev–Trinajstić information content (AvgIpc) is 2.39. The molecule has 1 unspecified atom stereocenters. The Morgan fingerprint density at radius 1 is 1.28 bits per heavy atom. The molecular formula is C15H19NO2. The van der Waals surface area contributed by atoms with Gasteiger partial charge in [-0.3, -0.25) is 9.59 Å². The lowest BCUT2D eigenvalue weighted by atomic mass is 9.87. The summed E-state index contributed by atoms with van der Waals surface area (Å²) in [6.45, 7) is 0.573. The van der Waals surface area contributed by atoms with Crippen molar-refractivity contribution in [3.05, 3.63) is 35.9 Å². The molecule has 1 saturated carbocycles. The van der Waals surface area contributed by atoms with E-state index in [1.165, 1.54) is 0 Å². The Balaban J connectivity index is 1.98. The van der Waals surface area contributed by atoms with E-state index in [-0.39, 0.29) is 11.7 Å². The fourth-order valence-electron chi connectivity index (χ4n) is 2.45. The van der Waals surface area contributed by atoms with Crippen molar-refractivity contribution in [2.75, 3.05) is 7.05 Å². The third kappa shape index (κ3) is 2.97. The minimum atomic E-state index is -0.396. The lowest BCUT2D eigenvalue weighted by Crippen LogP contribution is -2.38. The van der Waals surface area contributed by atoms with Gasteiger partial charge in [0.15, 0.2) is 0 Å². The molecule has 1 amide bonds. The first-order valence-electron chi connectivity index (χ1n) is 6.50. The number of ketones is 1. The Kier molecular flexibility index (Phi) is 4.13. The second-order valence-corrected chi connectivity index (χ2v) is 4.94. The summed E-state index contributed by atoms with van der Waals surface area (Å²) in [5, 5.41) is 0. The number of carbonyl (C=O) groups is 2. The Morgan fingerprint density at radius 2 is 2.00 bits per heavy atom. The van der Waals surface area contributed by atoms with Crippen LogP contribution in [0.3, 0.4) is 0 Å². The minimum Gasteiger partial charge on any atom is -0.341 e. The van der Waals surface area contributed by atoms with Gasteiger partial charge < -0.3 is 4.90 Å². The van der Waals surface area contributed by atoms with Gasteiger partial charge in [0.05, 0.1) is 5.92 Å². The van der Waals surface area contributed by atoms with Crippen molar-refractivity contribution in [1.29, 1.82) is 0 Å². The number of Topliss-reactive ketones (excluding diaryl/α,β-unsaturated/α-hetero) is 1. The van der Waals surface area contributed by atoms with Crippen molar-refractivity contribution in [3.63, 3.8) is 0 Å². The monoisotopic (exact) mass is 245 g/mol. The van der Waals surface area contributed by atoms with E-state index >= 15 is 0 Å². The zero-order valence-corrected chi connectivity index (χ0v) is 10.8. The molecule has 1 atom stereocenters. The van der Waals surface area contributed by atoms with E-state index in [2.05, 4.69) is 0 Å². The van der Waals surface area contributed by atoms with E-state index in [9.17, 15) is 9.59 Å². The molecule has 0 N–H and O–H groups in total. The van der Waals surface area contributed by atoms with Gasteiger partial charge in [0, 0.05) is 20.0 Å². The molecule has 1 aromatic carbocycles. The van der Waals surface area contributed by atoms with Crippen molar-refractivity contribution in [2.24, 2.45) is 5.92 Å². The quantitative estimate of drug-likeness (QED) is 0.767. The van der Waals surface area contributed by atoms with Gasteiger partial charge in [-0.2, -0.15) is 0 Å². The highest BCUT2D eigenvalue weighted by Crippen LogP contribution is 2.22. The fraction of sp³-hybridized carbons (Fsp3) is 0.467. The normalized spacial score (nSPS) is 19.6. The number of nitrogens with zero attached hydrogens (tertiary/aromatic N) is 1. The number of hydrogen-bond acceptors (Lipinski definition) is 2. The summed E-state index contributed by atoms with van der Waals surface area (Å²) in [6, 6.07) is 9.85. The van der Waals surface area contributed by atoms with Gasteiger partial charge in [-0.1, -0.05) is 36.8 Å². The van der Waals surface area contributed by atoms with Crippen LogP contribution in [-0.2, 0) is 16.1 Å². The molecule has 0 radical (unpaired) electrons. The maximum Gasteiger partial charge on any atom is 0.233 e. The van der Waals surface area contributed by atoms with Gasteiger partial charge in [-0.25, -0.2) is 0 Å². The number of hydrogen-bond donors (Lipinski definition) is 0. The minimum absolute atomic E-state index is 0.0245. The molecule has 0 aliphatic heterocycles. The first-order valence-corrected chi connectivity index (χ1v) is 6.50. The molecular weight excluding hydrogens is 226 g/mol. The van der Waals surface area contributed by atoms with Gasteiger partial charge in [0.1, 0.15) is 5.78 Å². The molecule has 0 bridgehead atoms. The molecule has 3 heteroatoms. The SMILES string of the molecule is CN(Cc1ccccc1)C(=O)C1CCCCC1=O. The van der Waals surface area contributed by atoms with E-state index in [0.717, 1.165) is 24.8 Å².